The van der Waals surface area contributed by atoms with Gasteiger partial charge in [-0.05, 0) is 41.7 Å². The number of primary amides is 1. The van der Waals surface area contributed by atoms with Crippen molar-refractivity contribution in [2.24, 2.45) is 11.1 Å². The summed E-state index contributed by atoms with van der Waals surface area (Å²) in [7, 11) is 0. The molecule has 0 aromatic heterocycles. The second-order valence-electron chi connectivity index (χ2n) is 10.7. The molecule has 3 rings (SSSR count). The largest absolute Gasteiger partial charge is 0.462 e. The van der Waals surface area contributed by atoms with Gasteiger partial charge in [-0.3, -0.25) is 14.9 Å². The number of halogens is 4. The second kappa shape index (κ2) is 11.5. The summed E-state index contributed by atoms with van der Waals surface area (Å²) in [6.45, 7) is 5.27. The van der Waals surface area contributed by atoms with Crippen molar-refractivity contribution >= 4 is 35.1 Å². The number of carbonyl (C=O) groups excluding carboxylic acids is 2. The van der Waals surface area contributed by atoms with Crippen LogP contribution in [0.25, 0.3) is 0 Å². The molecule has 11 heteroatoms. The molecule has 1 aliphatic heterocycles. The molecule has 0 radical (unpaired) electrons. The van der Waals surface area contributed by atoms with Crippen molar-refractivity contribution in [1.82, 2.24) is 5.32 Å². The standard InChI is InChI=1S/C27H29Cl2F2N3O4/c1-26(2,3)11-21-27(13-32,17-6-5-15(28)9-20(17)31)23(14-4-7-19(30)18(29)8-14)24(34-21)25(37)38-12-16(35)10-22(33)36/h4-9,16,21,23-24,34-35H,10-12H2,1-3H3,(H2,33,36)/t16-,21+,23+,24-,27+/m1/s1. The Balaban J connectivity index is 2.21. The topological polar surface area (TPSA) is 125 Å². The van der Waals surface area contributed by atoms with Gasteiger partial charge in [-0.25, -0.2) is 8.78 Å². The quantitative estimate of drug-likeness (QED) is 0.406. The molecule has 0 spiro atoms. The fourth-order valence-corrected chi connectivity index (χ4v) is 5.42. The van der Waals surface area contributed by atoms with Gasteiger partial charge < -0.3 is 15.6 Å². The van der Waals surface area contributed by atoms with Crippen molar-refractivity contribution < 1.29 is 28.2 Å². The van der Waals surface area contributed by atoms with Crippen LogP contribution in [0.5, 0.6) is 0 Å². The summed E-state index contributed by atoms with van der Waals surface area (Å²) >= 11 is 12.1. The lowest BCUT2D eigenvalue weighted by Gasteiger charge is -2.37. The first kappa shape index (κ1) is 29.8. The van der Waals surface area contributed by atoms with Crippen LogP contribution >= 0.6 is 23.2 Å². The van der Waals surface area contributed by atoms with E-state index in [-0.39, 0.29) is 21.0 Å². The molecule has 0 saturated carbocycles. The van der Waals surface area contributed by atoms with E-state index in [1.54, 1.807) is 0 Å². The van der Waals surface area contributed by atoms with E-state index in [9.17, 15) is 24.3 Å². The molecule has 204 valence electrons. The number of nitrogens with one attached hydrogen (secondary N) is 1. The van der Waals surface area contributed by atoms with Crippen LogP contribution in [0.2, 0.25) is 10.0 Å². The number of nitriles is 1. The van der Waals surface area contributed by atoms with Crippen molar-refractivity contribution in [3.8, 4) is 6.07 Å². The van der Waals surface area contributed by atoms with Gasteiger partial charge in [0.2, 0.25) is 5.91 Å². The zero-order chi connectivity index (χ0) is 28.4. The van der Waals surface area contributed by atoms with E-state index < -0.39 is 66.1 Å². The first-order chi connectivity index (χ1) is 17.7. The van der Waals surface area contributed by atoms with Crippen LogP contribution in [-0.4, -0.2) is 41.8 Å². The highest BCUT2D eigenvalue weighted by atomic mass is 35.5. The second-order valence-corrected chi connectivity index (χ2v) is 11.5. The summed E-state index contributed by atoms with van der Waals surface area (Å²) in [6, 6.07) is 8.02. The predicted octanol–water partition coefficient (Wildman–Crippen LogP) is 4.37. The Morgan fingerprint density at radius 2 is 1.89 bits per heavy atom. The van der Waals surface area contributed by atoms with Crippen molar-refractivity contribution in [2.75, 3.05) is 6.61 Å². The van der Waals surface area contributed by atoms with Gasteiger partial charge in [0.15, 0.2) is 0 Å². The SMILES string of the molecule is CC(C)(C)C[C@@H]1N[C@@H](C(=O)OC[C@H](O)CC(N)=O)[C@H](c2ccc(F)c(Cl)c2)[C@@]1(C#N)c1ccc(Cl)cc1F. The third-order valence-corrected chi connectivity index (χ3v) is 7.07. The van der Waals surface area contributed by atoms with Crippen LogP contribution in [0.15, 0.2) is 36.4 Å². The first-order valence-electron chi connectivity index (χ1n) is 11.9. The number of hydrogen-bond donors (Lipinski definition) is 3. The van der Waals surface area contributed by atoms with Crippen LogP contribution in [0, 0.1) is 28.4 Å². The number of amides is 1. The zero-order valence-corrected chi connectivity index (χ0v) is 22.6. The smallest absolute Gasteiger partial charge is 0.323 e. The Kier molecular flexibility index (Phi) is 9.04. The lowest BCUT2D eigenvalue weighted by atomic mass is 9.63. The molecule has 1 heterocycles. The fraction of sp³-hybridized carbons (Fsp3) is 0.444. The van der Waals surface area contributed by atoms with Gasteiger partial charge in [-0.2, -0.15) is 5.26 Å². The van der Waals surface area contributed by atoms with Crippen LogP contribution in [0.1, 0.15) is 50.7 Å². The highest BCUT2D eigenvalue weighted by Gasteiger charge is 2.61. The Hall–Kier alpha value is -2.77. The number of hydrogen-bond acceptors (Lipinski definition) is 6. The maximum Gasteiger partial charge on any atom is 0.323 e. The lowest BCUT2D eigenvalue weighted by molar-refractivity contribution is -0.150. The molecule has 2 aromatic rings. The number of carbonyl (C=O) groups is 2. The third-order valence-electron chi connectivity index (χ3n) is 6.54. The molecule has 1 amide bonds. The minimum atomic E-state index is -1.68. The van der Waals surface area contributed by atoms with Gasteiger partial charge in [-0.1, -0.05) is 56.1 Å². The van der Waals surface area contributed by atoms with Gasteiger partial charge in [0.05, 0.1) is 23.6 Å². The average molecular weight is 568 g/mol. The summed E-state index contributed by atoms with van der Waals surface area (Å²) in [6.07, 6.45) is -1.42. The Bertz CT molecular complexity index is 1260. The minimum absolute atomic E-state index is 0.000612. The van der Waals surface area contributed by atoms with Crippen molar-refractivity contribution in [3.63, 3.8) is 0 Å². The minimum Gasteiger partial charge on any atom is -0.462 e. The maximum atomic E-state index is 15.5. The highest BCUT2D eigenvalue weighted by Crippen LogP contribution is 2.52. The fourth-order valence-electron chi connectivity index (χ4n) is 5.07. The highest BCUT2D eigenvalue weighted by molar-refractivity contribution is 6.31. The molecule has 0 aliphatic carbocycles. The van der Waals surface area contributed by atoms with E-state index in [1.165, 1.54) is 24.3 Å². The Morgan fingerprint density at radius 1 is 1.21 bits per heavy atom. The van der Waals surface area contributed by atoms with Gasteiger partial charge in [0.1, 0.15) is 29.7 Å². The molecule has 5 atom stereocenters. The molecule has 0 unspecified atom stereocenters. The van der Waals surface area contributed by atoms with E-state index in [0.29, 0.717) is 12.0 Å². The number of nitrogens with two attached hydrogens (primary N) is 1. The average Bonchev–Trinajstić information content (AvgIpc) is 3.12. The van der Waals surface area contributed by atoms with Gasteiger partial charge in [0.25, 0.3) is 0 Å². The molecule has 2 aromatic carbocycles. The lowest BCUT2D eigenvalue weighted by Crippen LogP contribution is -2.44. The normalized spacial score (nSPS) is 24.0. The van der Waals surface area contributed by atoms with E-state index in [4.69, 9.17) is 33.7 Å². The maximum absolute atomic E-state index is 15.5. The summed E-state index contributed by atoms with van der Waals surface area (Å²) in [5.74, 6) is -4.18. The van der Waals surface area contributed by atoms with Crippen LogP contribution in [0.3, 0.4) is 0 Å². The summed E-state index contributed by atoms with van der Waals surface area (Å²) in [4.78, 5) is 24.5. The molecule has 1 aliphatic rings. The van der Waals surface area contributed by atoms with Crippen molar-refractivity contribution in [3.05, 3.63) is 69.2 Å². The Morgan fingerprint density at radius 3 is 2.45 bits per heavy atom. The summed E-state index contributed by atoms with van der Waals surface area (Å²) in [5, 5.41) is 23.8. The van der Waals surface area contributed by atoms with E-state index in [1.807, 2.05) is 20.8 Å². The number of ether oxygens (including phenoxy) is 1. The van der Waals surface area contributed by atoms with E-state index in [2.05, 4.69) is 11.4 Å². The molecule has 0 bridgehead atoms. The monoisotopic (exact) mass is 567 g/mol. The molecular formula is C27H29Cl2F2N3O4. The molecule has 4 N–H and O–H groups in total. The van der Waals surface area contributed by atoms with Crippen molar-refractivity contribution in [2.45, 2.75) is 63.1 Å². The number of benzene rings is 2. The van der Waals surface area contributed by atoms with E-state index in [0.717, 1.165) is 12.1 Å². The molecular weight excluding hydrogens is 539 g/mol. The number of nitrogens with zero attached hydrogens (tertiary/aromatic N) is 1. The van der Waals surface area contributed by atoms with Crippen LogP contribution < -0.4 is 11.1 Å². The van der Waals surface area contributed by atoms with Crippen molar-refractivity contribution in [1.29, 1.82) is 5.26 Å². The number of rotatable bonds is 8. The first-order valence-corrected chi connectivity index (χ1v) is 12.7. The van der Waals surface area contributed by atoms with Gasteiger partial charge >= 0.3 is 5.97 Å². The number of aliphatic hydroxyl groups excluding tert-OH is 1. The molecule has 38 heavy (non-hydrogen) atoms. The van der Waals surface area contributed by atoms with Gasteiger partial charge in [-0.15, -0.1) is 0 Å². The van der Waals surface area contributed by atoms with Gasteiger partial charge in [0, 0.05) is 22.5 Å². The molecule has 7 nitrogen and oxygen atoms in total. The molecule has 1 saturated heterocycles. The number of aliphatic hydroxyl groups is 1. The molecule has 1 fully saturated rings. The Labute approximate surface area is 229 Å². The third kappa shape index (κ3) is 6.26. The zero-order valence-electron chi connectivity index (χ0n) is 21.1. The van der Waals surface area contributed by atoms with E-state index >= 15 is 4.39 Å². The van der Waals surface area contributed by atoms with Crippen LogP contribution in [0.4, 0.5) is 8.78 Å². The predicted molar refractivity (Wildman–Crippen MR) is 138 cm³/mol. The summed E-state index contributed by atoms with van der Waals surface area (Å²) < 4.78 is 35.0. The number of esters is 1. The summed E-state index contributed by atoms with van der Waals surface area (Å²) in [5.41, 5.74) is 3.34. The van der Waals surface area contributed by atoms with Crippen LogP contribution in [-0.2, 0) is 19.7 Å².